The third kappa shape index (κ3) is 2.00. The standard InChI is InChI=1S/C12H12FNO/c13-11-4-2-1-3-10(11)7-12(8-14)5-6-15-9-12/h1-4H,5-7,9H2. The summed E-state index contributed by atoms with van der Waals surface area (Å²) in [4.78, 5) is 0. The smallest absolute Gasteiger partial charge is 0.126 e. The molecule has 0 aromatic heterocycles. The number of hydrogen-bond donors (Lipinski definition) is 0. The van der Waals surface area contributed by atoms with Crippen molar-refractivity contribution >= 4 is 0 Å². The fraction of sp³-hybridized carbons (Fsp3) is 0.417. The summed E-state index contributed by atoms with van der Waals surface area (Å²) in [6, 6.07) is 8.86. The first-order chi connectivity index (χ1) is 7.26. The summed E-state index contributed by atoms with van der Waals surface area (Å²) in [6.07, 6.45) is 1.13. The highest BCUT2D eigenvalue weighted by Crippen LogP contribution is 2.32. The van der Waals surface area contributed by atoms with Crippen LogP contribution in [0.2, 0.25) is 0 Å². The molecule has 78 valence electrons. The normalized spacial score (nSPS) is 25.1. The number of halogens is 1. The van der Waals surface area contributed by atoms with Crippen LogP contribution in [0.1, 0.15) is 12.0 Å². The van der Waals surface area contributed by atoms with Crippen molar-refractivity contribution in [2.75, 3.05) is 13.2 Å². The quantitative estimate of drug-likeness (QED) is 0.742. The molecule has 0 N–H and O–H groups in total. The molecule has 0 radical (unpaired) electrons. The first-order valence-corrected chi connectivity index (χ1v) is 4.98. The molecule has 0 amide bonds. The molecule has 1 heterocycles. The molecule has 1 aromatic rings. The second-order valence-electron chi connectivity index (χ2n) is 3.96. The maximum absolute atomic E-state index is 13.4. The van der Waals surface area contributed by atoms with Crippen LogP contribution < -0.4 is 0 Å². The second-order valence-corrected chi connectivity index (χ2v) is 3.96. The van der Waals surface area contributed by atoms with Crippen LogP contribution in [0.25, 0.3) is 0 Å². The van der Waals surface area contributed by atoms with Gasteiger partial charge in [0, 0.05) is 6.61 Å². The zero-order valence-electron chi connectivity index (χ0n) is 8.37. The summed E-state index contributed by atoms with van der Waals surface area (Å²) in [5, 5.41) is 9.12. The van der Waals surface area contributed by atoms with Crippen LogP contribution >= 0.6 is 0 Å². The van der Waals surface area contributed by atoms with Crippen LogP contribution in [0, 0.1) is 22.6 Å². The summed E-state index contributed by atoms with van der Waals surface area (Å²) in [7, 11) is 0. The summed E-state index contributed by atoms with van der Waals surface area (Å²) in [5.41, 5.74) is 0.0758. The van der Waals surface area contributed by atoms with Crippen LogP contribution in [0.15, 0.2) is 24.3 Å². The van der Waals surface area contributed by atoms with Crippen LogP contribution in [0.5, 0.6) is 0 Å². The number of rotatable bonds is 2. The van der Waals surface area contributed by atoms with Crippen LogP contribution in [-0.2, 0) is 11.2 Å². The van der Waals surface area contributed by atoms with Gasteiger partial charge in [-0.3, -0.25) is 0 Å². The average Bonchev–Trinajstić information content (AvgIpc) is 2.71. The van der Waals surface area contributed by atoms with E-state index < -0.39 is 5.41 Å². The molecule has 0 aliphatic carbocycles. The Morgan fingerprint density at radius 3 is 2.87 bits per heavy atom. The predicted molar refractivity (Wildman–Crippen MR) is 53.6 cm³/mol. The highest BCUT2D eigenvalue weighted by Gasteiger charge is 2.35. The monoisotopic (exact) mass is 205 g/mol. The molecule has 1 atom stereocenters. The Morgan fingerprint density at radius 2 is 2.27 bits per heavy atom. The van der Waals surface area contributed by atoms with Gasteiger partial charge < -0.3 is 4.74 Å². The number of nitriles is 1. The van der Waals surface area contributed by atoms with E-state index in [4.69, 9.17) is 10.00 Å². The molecule has 1 fully saturated rings. The lowest BCUT2D eigenvalue weighted by atomic mass is 9.82. The van der Waals surface area contributed by atoms with Crippen molar-refractivity contribution in [3.8, 4) is 6.07 Å². The average molecular weight is 205 g/mol. The first kappa shape index (κ1) is 10.1. The van der Waals surface area contributed by atoms with E-state index in [0.29, 0.717) is 31.6 Å². The number of benzene rings is 1. The summed E-state index contributed by atoms with van der Waals surface area (Å²) >= 11 is 0. The van der Waals surface area contributed by atoms with Crippen molar-refractivity contribution in [1.29, 1.82) is 5.26 Å². The molecule has 15 heavy (non-hydrogen) atoms. The van der Waals surface area contributed by atoms with Gasteiger partial charge in [0.1, 0.15) is 5.82 Å². The van der Waals surface area contributed by atoms with Gasteiger partial charge >= 0.3 is 0 Å². The molecule has 1 aliphatic heterocycles. The van der Waals surface area contributed by atoms with E-state index in [1.54, 1.807) is 18.2 Å². The van der Waals surface area contributed by atoms with Gasteiger partial charge in [-0.1, -0.05) is 18.2 Å². The van der Waals surface area contributed by atoms with Crippen LogP contribution in [0.3, 0.4) is 0 Å². The van der Waals surface area contributed by atoms with E-state index in [9.17, 15) is 4.39 Å². The Balaban J connectivity index is 2.21. The van der Waals surface area contributed by atoms with E-state index >= 15 is 0 Å². The molecule has 0 spiro atoms. The molecule has 1 aliphatic rings. The molecule has 1 aromatic carbocycles. The first-order valence-electron chi connectivity index (χ1n) is 4.98. The van der Waals surface area contributed by atoms with E-state index in [-0.39, 0.29) is 5.82 Å². The van der Waals surface area contributed by atoms with Gasteiger partial charge in [0.25, 0.3) is 0 Å². The van der Waals surface area contributed by atoms with Crippen molar-refractivity contribution in [2.45, 2.75) is 12.8 Å². The van der Waals surface area contributed by atoms with Crippen molar-refractivity contribution in [3.05, 3.63) is 35.6 Å². The van der Waals surface area contributed by atoms with E-state index in [0.717, 1.165) is 0 Å². The number of hydrogen-bond acceptors (Lipinski definition) is 2. The van der Waals surface area contributed by atoms with Crippen molar-refractivity contribution in [1.82, 2.24) is 0 Å². The summed E-state index contributed by atoms with van der Waals surface area (Å²) in [5.74, 6) is -0.237. The molecule has 1 unspecified atom stereocenters. The molecule has 2 rings (SSSR count). The minimum atomic E-state index is -0.526. The molecule has 0 saturated carbocycles. The minimum absolute atomic E-state index is 0.237. The molecule has 3 heteroatoms. The van der Waals surface area contributed by atoms with Gasteiger partial charge in [-0.15, -0.1) is 0 Å². The van der Waals surface area contributed by atoms with Gasteiger partial charge in [-0.25, -0.2) is 4.39 Å². The van der Waals surface area contributed by atoms with Gasteiger partial charge in [-0.05, 0) is 24.5 Å². The zero-order valence-corrected chi connectivity index (χ0v) is 8.37. The van der Waals surface area contributed by atoms with Gasteiger partial charge in [0.05, 0.1) is 18.1 Å². The maximum atomic E-state index is 13.4. The third-order valence-electron chi connectivity index (χ3n) is 2.83. The van der Waals surface area contributed by atoms with Crippen molar-refractivity contribution in [3.63, 3.8) is 0 Å². The van der Waals surface area contributed by atoms with Gasteiger partial charge in [0.15, 0.2) is 0 Å². The van der Waals surface area contributed by atoms with Crippen LogP contribution in [0.4, 0.5) is 4.39 Å². The Labute approximate surface area is 88.3 Å². The Morgan fingerprint density at radius 1 is 1.47 bits per heavy atom. The van der Waals surface area contributed by atoms with E-state index in [1.807, 2.05) is 0 Å². The summed E-state index contributed by atoms with van der Waals surface area (Å²) < 4.78 is 18.6. The van der Waals surface area contributed by atoms with E-state index in [2.05, 4.69) is 6.07 Å². The number of nitrogens with zero attached hydrogens (tertiary/aromatic N) is 1. The lowest BCUT2D eigenvalue weighted by Crippen LogP contribution is -2.22. The SMILES string of the molecule is N#CC1(Cc2ccccc2F)CCOC1. The third-order valence-corrected chi connectivity index (χ3v) is 2.83. The van der Waals surface area contributed by atoms with E-state index in [1.165, 1.54) is 6.07 Å². The van der Waals surface area contributed by atoms with Crippen molar-refractivity contribution in [2.24, 2.45) is 5.41 Å². The molecule has 0 bridgehead atoms. The van der Waals surface area contributed by atoms with Gasteiger partial charge in [0.2, 0.25) is 0 Å². The van der Waals surface area contributed by atoms with Crippen molar-refractivity contribution < 1.29 is 9.13 Å². The fourth-order valence-electron chi connectivity index (χ4n) is 1.88. The minimum Gasteiger partial charge on any atom is -0.380 e. The zero-order chi connectivity index (χ0) is 10.7. The van der Waals surface area contributed by atoms with Gasteiger partial charge in [-0.2, -0.15) is 5.26 Å². The number of ether oxygens (including phenoxy) is 1. The highest BCUT2D eigenvalue weighted by atomic mass is 19.1. The lowest BCUT2D eigenvalue weighted by molar-refractivity contribution is 0.171. The lowest BCUT2D eigenvalue weighted by Gasteiger charge is -2.18. The Kier molecular flexibility index (Phi) is 2.70. The molecule has 1 saturated heterocycles. The predicted octanol–water partition coefficient (Wildman–Crippen LogP) is 2.30. The van der Waals surface area contributed by atoms with Crippen LogP contribution in [-0.4, -0.2) is 13.2 Å². The molecule has 2 nitrogen and oxygen atoms in total. The Bertz CT molecular complexity index is 391. The second kappa shape index (κ2) is 4.00. The molecular formula is C12H12FNO. The molecular weight excluding hydrogens is 193 g/mol. The largest absolute Gasteiger partial charge is 0.380 e. The topological polar surface area (TPSA) is 33.0 Å². The fourth-order valence-corrected chi connectivity index (χ4v) is 1.88. The Hall–Kier alpha value is -1.40. The summed E-state index contributed by atoms with van der Waals surface area (Å²) in [6.45, 7) is 1.01. The highest BCUT2D eigenvalue weighted by molar-refractivity contribution is 5.21. The maximum Gasteiger partial charge on any atom is 0.126 e.